The summed E-state index contributed by atoms with van der Waals surface area (Å²) in [6, 6.07) is 9.71. The number of nitrogens with zero attached hydrogens (tertiary/aromatic N) is 1. The molecule has 0 fully saturated rings. The molecule has 2 N–H and O–H groups in total. The fraction of sp³-hybridized carbons (Fsp3) is 0.158. The van der Waals surface area contributed by atoms with Crippen LogP contribution in [0.1, 0.15) is 24.4 Å². The van der Waals surface area contributed by atoms with Crippen LogP contribution in [0.4, 0.5) is 4.39 Å². The third-order valence-electron chi connectivity index (χ3n) is 4.36. The number of benzene rings is 2. The van der Waals surface area contributed by atoms with Crippen molar-refractivity contribution >= 4 is 45.3 Å². The van der Waals surface area contributed by atoms with Crippen LogP contribution in [0, 0.1) is 5.82 Å². The molecule has 0 aliphatic heterocycles. The molecule has 2 aromatic carbocycles. The van der Waals surface area contributed by atoms with Gasteiger partial charge < -0.3 is 14.7 Å². The van der Waals surface area contributed by atoms with Gasteiger partial charge in [-0.3, -0.25) is 4.79 Å². The van der Waals surface area contributed by atoms with Gasteiger partial charge in [0.2, 0.25) is 5.58 Å². The number of hydrogen-bond acceptors (Lipinski definition) is 4. The minimum Gasteiger partial charge on any atom is -0.449 e. The van der Waals surface area contributed by atoms with Gasteiger partial charge in [-0.05, 0) is 36.8 Å². The van der Waals surface area contributed by atoms with Gasteiger partial charge in [-0.2, -0.15) is 0 Å². The fourth-order valence-corrected chi connectivity index (χ4v) is 3.51. The van der Waals surface area contributed by atoms with E-state index in [-0.39, 0.29) is 28.8 Å². The zero-order valence-electron chi connectivity index (χ0n) is 14.1. The maximum atomic E-state index is 13.7. The van der Waals surface area contributed by atoms with Gasteiger partial charge >= 0.3 is 0 Å². The second-order valence-corrected chi connectivity index (χ2v) is 6.99. The molecule has 0 spiro atoms. The summed E-state index contributed by atoms with van der Waals surface area (Å²) in [7, 11) is 0. The van der Waals surface area contributed by atoms with Crippen molar-refractivity contribution in [1.29, 1.82) is 0 Å². The zero-order chi connectivity index (χ0) is 19.1. The third kappa shape index (κ3) is 3.32. The molecule has 0 saturated heterocycles. The molecular formula is C19H14Cl2FN3O2. The standard InChI is InChI=1S/C19H14Cl2FN3O2/c1-9(11-6-14(22)13(21)7-12(11)20)23-8-16-24-17-10-4-2-3-5-15(10)27-18(17)19(26)25-16/h2-7,9,23H,8H2,1H3,(H,24,25,26)/t9-/m1/s1. The van der Waals surface area contributed by atoms with Gasteiger partial charge in [0.25, 0.3) is 5.56 Å². The molecule has 0 saturated carbocycles. The minimum atomic E-state index is -0.539. The Kier molecular flexibility index (Phi) is 4.63. The van der Waals surface area contributed by atoms with Crippen molar-refractivity contribution in [1.82, 2.24) is 15.3 Å². The summed E-state index contributed by atoms with van der Waals surface area (Å²) >= 11 is 11.9. The molecule has 138 valence electrons. The van der Waals surface area contributed by atoms with Crippen LogP contribution in [0.25, 0.3) is 22.1 Å². The Bertz CT molecular complexity index is 1220. The number of nitrogens with one attached hydrogen (secondary N) is 2. The first-order valence-electron chi connectivity index (χ1n) is 8.22. The molecule has 4 rings (SSSR count). The predicted molar refractivity (Wildman–Crippen MR) is 104 cm³/mol. The van der Waals surface area contributed by atoms with E-state index in [1.807, 2.05) is 25.1 Å². The van der Waals surface area contributed by atoms with E-state index >= 15 is 0 Å². The lowest BCUT2D eigenvalue weighted by atomic mass is 10.1. The van der Waals surface area contributed by atoms with Crippen LogP contribution in [0.2, 0.25) is 10.0 Å². The highest BCUT2D eigenvalue weighted by Crippen LogP contribution is 2.29. The van der Waals surface area contributed by atoms with E-state index in [0.717, 1.165) is 5.39 Å². The van der Waals surface area contributed by atoms with Crippen molar-refractivity contribution in [2.75, 3.05) is 0 Å². The molecule has 8 heteroatoms. The zero-order valence-corrected chi connectivity index (χ0v) is 15.7. The molecule has 0 aliphatic rings. The average molecular weight is 406 g/mol. The number of aromatic amines is 1. The van der Waals surface area contributed by atoms with E-state index < -0.39 is 5.82 Å². The molecule has 2 aromatic heterocycles. The Balaban J connectivity index is 1.63. The summed E-state index contributed by atoms with van der Waals surface area (Å²) in [6.07, 6.45) is 0. The van der Waals surface area contributed by atoms with Crippen molar-refractivity contribution in [3.63, 3.8) is 0 Å². The topological polar surface area (TPSA) is 70.9 Å². The van der Waals surface area contributed by atoms with E-state index in [1.54, 1.807) is 6.07 Å². The fourth-order valence-electron chi connectivity index (χ4n) is 2.96. The van der Waals surface area contributed by atoms with E-state index in [0.29, 0.717) is 27.5 Å². The SMILES string of the molecule is C[C@@H](NCc1nc2c(oc3ccccc32)c(=O)[nH]1)c1cc(F)c(Cl)cc1Cl. The summed E-state index contributed by atoms with van der Waals surface area (Å²) in [5, 5.41) is 4.28. The Hall–Kier alpha value is -2.41. The Morgan fingerprint density at radius 1 is 1.26 bits per heavy atom. The summed E-state index contributed by atoms with van der Waals surface area (Å²) in [5.41, 5.74) is 1.52. The normalized spacial score (nSPS) is 12.7. The van der Waals surface area contributed by atoms with E-state index in [4.69, 9.17) is 27.6 Å². The number of para-hydroxylation sites is 1. The molecule has 2 heterocycles. The van der Waals surface area contributed by atoms with Gasteiger partial charge in [0, 0.05) is 16.5 Å². The van der Waals surface area contributed by atoms with Gasteiger partial charge in [0.1, 0.15) is 22.7 Å². The van der Waals surface area contributed by atoms with Crippen molar-refractivity contribution in [3.8, 4) is 0 Å². The van der Waals surface area contributed by atoms with Gasteiger partial charge in [0.05, 0.1) is 11.6 Å². The average Bonchev–Trinajstić information content (AvgIpc) is 3.02. The Morgan fingerprint density at radius 3 is 2.85 bits per heavy atom. The smallest absolute Gasteiger partial charge is 0.294 e. The highest BCUT2D eigenvalue weighted by atomic mass is 35.5. The van der Waals surface area contributed by atoms with E-state index in [2.05, 4.69) is 15.3 Å². The van der Waals surface area contributed by atoms with Crippen LogP contribution in [-0.2, 0) is 6.54 Å². The van der Waals surface area contributed by atoms with Gasteiger partial charge in [-0.15, -0.1) is 0 Å². The predicted octanol–water partition coefficient (Wildman–Crippen LogP) is 4.97. The van der Waals surface area contributed by atoms with Crippen molar-refractivity contribution in [2.45, 2.75) is 19.5 Å². The number of aromatic nitrogens is 2. The molecule has 0 bridgehead atoms. The highest BCUT2D eigenvalue weighted by molar-refractivity contribution is 6.35. The molecule has 4 aromatic rings. The number of H-pyrrole nitrogens is 1. The Morgan fingerprint density at radius 2 is 2.04 bits per heavy atom. The maximum Gasteiger partial charge on any atom is 0.294 e. The second-order valence-electron chi connectivity index (χ2n) is 6.18. The number of rotatable bonds is 4. The summed E-state index contributed by atoms with van der Waals surface area (Å²) in [4.78, 5) is 19.5. The van der Waals surface area contributed by atoms with Crippen LogP contribution < -0.4 is 10.9 Å². The lowest BCUT2D eigenvalue weighted by Gasteiger charge is -2.16. The van der Waals surface area contributed by atoms with Crippen LogP contribution in [0.15, 0.2) is 45.6 Å². The number of halogens is 3. The monoisotopic (exact) mass is 405 g/mol. The van der Waals surface area contributed by atoms with E-state index in [9.17, 15) is 9.18 Å². The molecule has 0 amide bonds. The number of fused-ring (bicyclic) bond motifs is 3. The molecule has 27 heavy (non-hydrogen) atoms. The van der Waals surface area contributed by atoms with Crippen LogP contribution >= 0.6 is 23.2 Å². The quantitative estimate of drug-likeness (QED) is 0.470. The Labute approximate surface area is 163 Å². The highest BCUT2D eigenvalue weighted by Gasteiger charge is 2.16. The van der Waals surface area contributed by atoms with Gasteiger partial charge in [-0.25, -0.2) is 9.37 Å². The van der Waals surface area contributed by atoms with Crippen LogP contribution in [0.5, 0.6) is 0 Å². The summed E-state index contributed by atoms with van der Waals surface area (Å²) < 4.78 is 19.3. The van der Waals surface area contributed by atoms with Crippen LogP contribution in [0.3, 0.4) is 0 Å². The number of hydrogen-bond donors (Lipinski definition) is 2. The second kappa shape index (κ2) is 6.96. The van der Waals surface area contributed by atoms with Gasteiger partial charge in [-0.1, -0.05) is 35.3 Å². The molecule has 0 unspecified atom stereocenters. The molecule has 0 aliphatic carbocycles. The summed E-state index contributed by atoms with van der Waals surface area (Å²) in [6.45, 7) is 2.09. The largest absolute Gasteiger partial charge is 0.449 e. The molecule has 1 atom stereocenters. The molecular weight excluding hydrogens is 392 g/mol. The third-order valence-corrected chi connectivity index (χ3v) is 4.98. The maximum absolute atomic E-state index is 13.7. The van der Waals surface area contributed by atoms with E-state index in [1.165, 1.54) is 12.1 Å². The van der Waals surface area contributed by atoms with Crippen molar-refractivity contribution in [2.24, 2.45) is 0 Å². The lowest BCUT2D eigenvalue weighted by molar-refractivity contribution is 0.551. The first kappa shape index (κ1) is 18.0. The van der Waals surface area contributed by atoms with Gasteiger partial charge in [0.15, 0.2) is 0 Å². The molecule has 0 radical (unpaired) electrons. The minimum absolute atomic E-state index is 0.0285. The van der Waals surface area contributed by atoms with Crippen molar-refractivity contribution < 1.29 is 8.81 Å². The lowest BCUT2D eigenvalue weighted by Crippen LogP contribution is -2.22. The van der Waals surface area contributed by atoms with Crippen molar-refractivity contribution in [3.05, 3.63) is 74.0 Å². The summed E-state index contributed by atoms with van der Waals surface area (Å²) in [5.74, 6) is -0.0982. The first-order valence-corrected chi connectivity index (χ1v) is 8.98. The van der Waals surface area contributed by atoms with Crippen LogP contribution in [-0.4, -0.2) is 9.97 Å². The molecule has 5 nitrogen and oxygen atoms in total. The number of furan rings is 1. The first-order chi connectivity index (χ1) is 12.9.